The number of aryl methyl sites for hydroxylation is 1. The third kappa shape index (κ3) is 19.1. The quantitative estimate of drug-likeness (QED) is 0.0574. The summed E-state index contributed by atoms with van der Waals surface area (Å²) in [6, 6.07) is 10.7. The van der Waals surface area contributed by atoms with E-state index >= 15 is 4.39 Å². The summed E-state index contributed by atoms with van der Waals surface area (Å²) in [6.45, 7) is 29.1. The van der Waals surface area contributed by atoms with Gasteiger partial charge in [0.25, 0.3) is 0 Å². The molecule has 6 rings (SSSR count). The minimum atomic E-state index is -0.713. The van der Waals surface area contributed by atoms with Crippen molar-refractivity contribution >= 4 is 53.1 Å². The van der Waals surface area contributed by atoms with Gasteiger partial charge in [0.1, 0.15) is 30.8 Å². The molecule has 2 aliphatic heterocycles. The topological polar surface area (TPSA) is 235 Å². The smallest absolute Gasteiger partial charge is 0.407 e. The van der Waals surface area contributed by atoms with Crippen LogP contribution in [0.1, 0.15) is 139 Å². The minimum Gasteiger partial charge on any atom is -0.464 e. The lowest BCUT2D eigenvalue weighted by molar-refractivity contribution is -0.135. The molecule has 4 heterocycles. The number of Topliss-reactive ketones (excluding diaryl/α,β-unsaturated/α-hetero) is 1. The average Bonchev–Trinajstić information content (AvgIpc) is 4.19. The molecule has 3 atom stereocenters. The Morgan fingerprint density at radius 3 is 2.18 bits per heavy atom. The Bertz CT molecular complexity index is 2340. The summed E-state index contributed by atoms with van der Waals surface area (Å²) in [5, 5.41) is 12.8. The molecular formula is C55H88FN9O7S. The van der Waals surface area contributed by atoms with Gasteiger partial charge in [0, 0.05) is 60.6 Å². The highest BCUT2D eigenvalue weighted by molar-refractivity contribution is 8.00. The van der Waals surface area contributed by atoms with Crippen LogP contribution in [0.25, 0.3) is 39.1 Å². The van der Waals surface area contributed by atoms with Gasteiger partial charge in [0.05, 0.1) is 52.8 Å². The Kier molecular flexibility index (Phi) is 33.9. The Hall–Kier alpha value is -5.95. The number of nitrogens with two attached hydrogens (primary N) is 3. The van der Waals surface area contributed by atoms with Crippen LogP contribution in [0.2, 0.25) is 0 Å². The number of carbonyl (C=O) groups is 4. The summed E-state index contributed by atoms with van der Waals surface area (Å²) in [5.41, 5.74) is 16.1. The molecular weight excluding hydrogens is 950 g/mol. The number of hydrogen-bond donors (Lipinski definition) is 6. The van der Waals surface area contributed by atoms with Crippen LogP contribution >= 0.6 is 11.9 Å². The van der Waals surface area contributed by atoms with Crippen LogP contribution in [-0.4, -0.2) is 90.5 Å². The van der Waals surface area contributed by atoms with Gasteiger partial charge < -0.3 is 51.0 Å². The molecule has 16 nitrogen and oxygen atoms in total. The molecule has 0 spiro atoms. The number of aromatic amines is 1. The lowest BCUT2D eigenvalue weighted by atomic mass is 9.97. The maximum atomic E-state index is 16.3. The van der Waals surface area contributed by atoms with Gasteiger partial charge in [-0.25, -0.2) is 14.2 Å². The Morgan fingerprint density at radius 2 is 1.67 bits per heavy atom. The van der Waals surface area contributed by atoms with E-state index in [1.165, 1.54) is 52.8 Å². The molecule has 2 aromatic carbocycles. The number of ether oxygens (including phenoxy) is 3. The van der Waals surface area contributed by atoms with Gasteiger partial charge in [-0.15, -0.1) is 0 Å². The van der Waals surface area contributed by atoms with E-state index < -0.39 is 24.2 Å². The number of fused-ring (bicyclic) bond motifs is 5. The predicted molar refractivity (Wildman–Crippen MR) is 300 cm³/mol. The monoisotopic (exact) mass is 1040 g/mol. The molecule has 4 aromatic rings. The second-order valence-corrected chi connectivity index (χ2v) is 17.3. The lowest BCUT2D eigenvalue weighted by Gasteiger charge is -2.31. The van der Waals surface area contributed by atoms with Gasteiger partial charge in [-0.2, -0.15) is 0 Å². The van der Waals surface area contributed by atoms with Crippen molar-refractivity contribution in [1.29, 1.82) is 0 Å². The fourth-order valence-corrected chi connectivity index (χ4v) is 7.91. The molecule has 18 heteroatoms. The maximum Gasteiger partial charge on any atom is 0.407 e. The van der Waals surface area contributed by atoms with E-state index in [-0.39, 0.29) is 30.3 Å². The van der Waals surface area contributed by atoms with Crippen LogP contribution in [-0.2, 0) is 30.3 Å². The number of methoxy groups -OCH3 is 2. The Morgan fingerprint density at radius 1 is 1.03 bits per heavy atom. The number of alkyl carbamates (subject to hydrolysis) is 1. The maximum absolute atomic E-state index is 16.3. The first-order valence-corrected chi connectivity index (χ1v) is 26.2. The number of hydrogen-bond acceptors (Lipinski definition) is 13. The Balaban J connectivity index is 0.00000160. The van der Waals surface area contributed by atoms with Gasteiger partial charge in [-0.1, -0.05) is 107 Å². The number of rotatable bonds is 16. The van der Waals surface area contributed by atoms with Crippen molar-refractivity contribution in [2.24, 2.45) is 22.5 Å². The highest BCUT2D eigenvalue weighted by atomic mass is 32.2. The molecule has 2 amide bonds. The van der Waals surface area contributed by atoms with Crippen molar-refractivity contribution in [1.82, 2.24) is 30.1 Å². The molecule has 0 saturated carbocycles. The number of imidazole rings is 1. The van der Waals surface area contributed by atoms with Gasteiger partial charge in [0.2, 0.25) is 12.1 Å². The normalized spacial score (nSPS) is 14.6. The first-order valence-electron chi connectivity index (χ1n) is 25.3. The van der Waals surface area contributed by atoms with Crippen LogP contribution in [0.4, 0.5) is 9.18 Å². The summed E-state index contributed by atoms with van der Waals surface area (Å²) in [4.78, 5) is 53.3. The van der Waals surface area contributed by atoms with Crippen LogP contribution in [0, 0.1) is 11.7 Å². The zero-order valence-electron chi connectivity index (χ0n) is 46.2. The number of ketones is 1. The largest absolute Gasteiger partial charge is 0.464 e. The number of unbranched alkanes of at least 4 members (excludes halogenated alkanes) is 1. The van der Waals surface area contributed by atoms with Gasteiger partial charge in [0.15, 0.2) is 5.78 Å². The van der Waals surface area contributed by atoms with E-state index in [0.29, 0.717) is 51.8 Å². The molecule has 0 radical (unpaired) electrons. The number of nitrogens with zero attached hydrogens (tertiary/aromatic N) is 3. The summed E-state index contributed by atoms with van der Waals surface area (Å²) < 4.78 is 34.2. The second kappa shape index (κ2) is 36.9. The van der Waals surface area contributed by atoms with Gasteiger partial charge in [-0.05, 0) is 81.4 Å². The molecule has 9 N–H and O–H groups in total. The van der Waals surface area contributed by atoms with Crippen molar-refractivity contribution in [3.8, 4) is 28.3 Å². The summed E-state index contributed by atoms with van der Waals surface area (Å²) in [5.74, 6) is 0.881. The summed E-state index contributed by atoms with van der Waals surface area (Å²) in [7, 11) is 4.29. The lowest BCUT2D eigenvalue weighted by Crippen LogP contribution is -2.44. The molecule has 1 fully saturated rings. The molecule has 2 aromatic heterocycles. The minimum absolute atomic E-state index is 0.0100. The van der Waals surface area contributed by atoms with E-state index in [1.807, 2.05) is 96.4 Å². The molecule has 1 saturated heterocycles. The highest BCUT2D eigenvalue weighted by Crippen LogP contribution is 2.47. The van der Waals surface area contributed by atoms with Crippen LogP contribution in [0.3, 0.4) is 0 Å². The van der Waals surface area contributed by atoms with Crippen molar-refractivity contribution in [3.63, 3.8) is 0 Å². The van der Waals surface area contributed by atoms with Crippen molar-refractivity contribution in [2.45, 2.75) is 146 Å². The molecule has 0 aliphatic carbocycles. The van der Waals surface area contributed by atoms with Crippen LogP contribution in [0.15, 0.2) is 72.1 Å². The molecule has 2 aliphatic rings. The zero-order chi connectivity index (χ0) is 55.8. The highest BCUT2D eigenvalue weighted by Gasteiger charge is 2.34. The average molecular weight is 1040 g/mol. The second-order valence-electron chi connectivity index (χ2n) is 16.6. The number of amides is 2. The third-order valence-electron chi connectivity index (χ3n) is 11.0. The van der Waals surface area contributed by atoms with E-state index in [9.17, 15) is 14.4 Å². The summed E-state index contributed by atoms with van der Waals surface area (Å²) >= 11 is 0.986. The predicted octanol–water partition coefficient (Wildman–Crippen LogP) is 11.2. The fraction of sp³-hybridized carbons (Fsp3) is 0.509. The SMILES string of the molecule is C=C(N/C(=C\C)c1cc(F)c2c(c1)OC(/C(=C/N)SN)n1c-2cc2cc(-c3cnc(CC)[nH]3)ccc21)C1CCCN1C(=O)COC.C=O.CC.CCC.CCCC.CCCC(=O)C(NC(=O)OC)C(C)C.CN. The standard InChI is InChI=1S/C34H38FN7O3S.C10H19NO3.C4H10.C3H8.C2H6.CH5N.CH2O/c1-5-24(39-19(3)26-8-7-11-41(26)32(43)18-44-4)21-13-23(35)33-28-14-22-12-20(25-17-38-31(6-2)40-25)9-10-27(22)42(28)34(30(16-36)46-37)45-29(33)15-21;1-5-6-8(12)9(7(2)3)11-10(13)14-4;1-3-4-2;1-3-2;3*1-2/h5,9-10,12-17,26,34,39H,3,6-8,11,18,36-37H2,1-2,4H3,(H,38,40);7,9H,5-6H2,1-4H3,(H,11,13);3-4H2,1-2H3;3H2,1-2H3;1-2H3;2H2,1H3;1H2/b24-5-,30-16-;;;;;;. The van der Waals surface area contributed by atoms with Gasteiger partial charge >= 0.3 is 6.09 Å². The van der Waals surface area contributed by atoms with Crippen LogP contribution < -0.4 is 32.0 Å². The third-order valence-corrected chi connectivity index (χ3v) is 11.7. The molecule has 0 bridgehead atoms. The number of carbonyl (C=O) groups excluding carboxylic acids is 4. The zero-order valence-corrected chi connectivity index (χ0v) is 47.0. The van der Waals surface area contributed by atoms with E-state index in [2.05, 4.69) is 71.4 Å². The van der Waals surface area contributed by atoms with E-state index in [0.717, 1.165) is 65.6 Å². The number of aromatic nitrogens is 3. The summed E-state index contributed by atoms with van der Waals surface area (Å²) in [6.07, 6.45) is 11.4. The number of likely N-dealkylation sites (tertiary alicyclic amines) is 1. The molecule has 73 heavy (non-hydrogen) atoms. The first kappa shape index (κ1) is 67.0. The first-order chi connectivity index (χ1) is 35.2. The van der Waals surface area contributed by atoms with E-state index in [4.69, 9.17) is 25.1 Å². The fourth-order valence-electron chi connectivity index (χ4n) is 7.56. The Labute approximate surface area is 439 Å². The van der Waals surface area contributed by atoms with Crippen molar-refractivity contribution < 1.29 is 37.8 Å². The molecule has 408 valence electrons. The number of allylic oxidation sites excluding steroid dienone is 1. The molecule has 3 unspecified atom stereocenters. The van der Waals surface area contributed by atoms with E-state index in [1.54, 1.807) is 4.90 Å². The number of H-pyrrole nitrogens is 1. The number of benzene rings is 2. The van der Waals surface area contributed by atoms with Crippen LogP contribution in [0.5, 0.6) is 5.75 Å². The number of nitrogens with one attached hydrogen (secondary N) is 3. The number of halogens is 1. The van der Waals surface area contributed by atoms with Crippen molar-refractivity contribution in [2.75, 3.05) is 34.4 Å². The van der Waals surface area contributed by atoms with Gasteiger partial charge in [-0.3, -0.25) is 19.3 Å². The van der Waals surface area contributed by atoms with Crippen molar-refractivity contribution in [3.05, 3.63) is 89.3 Å².